The van der Waals surface area contributed by atoms with Crippen molar-refractivity contribution in [2.24, 2.45) is 0 Å². The molecule has 2 aromatic carbocycles. The van der Waals surface area contributed by atoms with Crippen LogP contribution in [-0.2, 0) is 6.42 Å². The molecule has 0 aliphatic heterocycles. The van der Waals surface area contributed by atoms with Crippen LogP contribution in [0.2, 0.25) is 0 Å². The molecule has 7 rings (SSSR count). The van der Waals surface area contributed by atoms with Crippen molar-refractivity contribution in [1.29, 1.82) is 0 Å². The molecule has 0 atom stereocenters. The van der Waals surface area contributed by atoms with Crippen molar-refractivity contribution in [2.45, 2.75) is 6.42 Å². The number of imidazole rings is 1. The first-order chi connectivity index (χ1) is 13.9. The lowest BCUT2D eigenvalue weighted by molar-refractivity contribution is 1.25. The Bertz CT molecular complexity index is 1590. The van der Waals surface area contributed by atoms with Crippen molar-refractivity contribution in [3.8, 4) is 11.1 Å². The molecule has 0 saturated carbocycles. The van der Waals surface area contributed by atoms with E-state index < -0.39 is 0 Å². The zero-order chi connectivity index (χ0) is 18.2. The van der Waals surface area contributed by atoms with E-state index in [2.05, 4.69) is 56.8 Å². The van der Waals surface area contributed by atoms with Crippen LogP contribution in [0.1, 0.15) is 11.1 Å². The van der Waals surface area contributed by atoms with E-state index >= 15 is 0 Å². The molecular weight excluding hydrogens is 344 g/mol. The molecule has 0 radical (unpaired) electrons. The highest BCUT2D eigenvalue weighted by Gasteiger charge is 2.23. The zero-order valence-electron chi connectivity index (χ0n) is 14.9. The SMILES string of the molecule is c1ccc2c(c1)Cc1c-2ccc2c1c1ccncc1n1c3cnccc3nc21. The number of aromatic nitrogens is 4. The predicted octanol–water partition coefficient (Wildman–Crippen LogP) is 5.16. The van der Waals surface area contributed by atoms with Crippen LogP contribution in [0.4, 0.5) is 0 Å². The van der Waals surface area contributed by atoms with E-state index in [1.54, 1.807) is 6.20 Å². The molecule has 4 nitrogen and oxygen atoms in total. The summed E-state index contributed by atoms with van der Waals surface area (Å²) >= 11 is 0. The van der Waals surface area contributed by atoms with Gasteiger partial charge in [0, 0.05) is 23.2 Å². The molecule has 0 bridgehead atoms. The summed E-state index contributed by atoms with van der Waals surface area (Å²) in [4.78, 5) is 13.7. The summed E-state index contributed by atoms with van der Waals surface area (Å²) in [6, 6.07) is 17.3. The summed E-state index contributed by atoms with van der Waals surface area (Å²) in [6.07, 6.45) is 8.46. The molecule has 0 spiro atoms. The fourth-order valence-corrected chi connectivity index (χ4v) is 4.83. The van der Waals surface area contributed by atoms with Gasteiger partial charge in [-0.1, -0.05) is 30.3 Å². The molecule has 130 valence electrons. The minimum Gasteiger partial charge on any atom is -0.289 e. The van der Waals surface area contributed by atoms with Gasteiger partial charge >= 0.3 is 0 Å². The topological polar surface area (TPSA) is 43.1 Å². The Labute approximate surface area is 160 Å². The number of rotatable bonds is 0. The zero-order valence-corrected chi connectivity index (χ0v) is 14.9. The molecule has 4 aromatic heterocycles. The van der Waals surface area contributed by atoms with Crippen LogP contribution < -0.4 is 0 Å². The highest BCUT2D eigenvalue weighted by molar-refractivity contribution is 6.17. The van der Waals surface area contributed by atoms with Crippen molar-refractivity contribution in [3.63, 3.8) is 0 Å². The number of hydrogen-bond donors (Lipinski definition) is 0. The normalized spacial score (nSPS) is 12.9. The first kappa shape index (κ1) is 14.3. The second kappa shape index (κ2) is 4.93. The highest BCUT2D eigenvalue weighted by atomic mass is 15.0. The van der Waals surface area contributed by atoms with Gasteiger partial charge in [0.2, 0.25) is 0 Å². The van der Waals surface area contributed by atoms with E-state index in [0.717, 1.165) is 28.6 Å². The molecule has 0 saturated heterocycles. The molecule has 0 unspecified atom stereocenters. The average molecular weight is 358 g/mol. The number of fused-ring (bicyclic) bond motifs is 12. The van der Waals surface area contributed by atoms with Crippen molar-refractivity contribution in [2.75, 3.05) is 0 Å². The van der Waals surface area contributed by atoms with Crippen molar-refractivity contribution >= 4 is 38.4 Å². The number of hydrogen-bond acceptors (Lipinski definition) is 3. The van der Waals surface area contributed by atoms with E-state index in [0.29, 0.717) is 0 Å². The molecule has 4 heteroatoms. The lowest BCUT2D eigenvalue weighted by atomic mass is 9.97. The fourth-order valence-electron chi connectivity index (χ4n) is 4.83. The Balaban J connectivity index is 1.77. The van der Waals surface area contributed by atoms with Gasteiger partial charge in [-0.25, -0.2) is 4.98 Å². The minimum absolute atomic E-state index is 0.955. The quantitative estimate of drug-likeness (QED) is 0.352. The van der Waals surface area contributed by atoms with Crippen molar-refractivity contribution < 1.29 is 0 Å². The summed E-state index contributed by atoms with van der Waals surface area (Å²) in [5, 5.41) is 3.69. The van der Waals surface area contributed by atoms with Gasteiger partial charge in [0.25, 0.3) is 0 Å². The smallest absolute Gasteiger partial charge is 0.146 e. The van der Waals surface area contributed by atoms with Crippen LogP contribution in [-0.4, -0.2) is 19.4 Å². The van der Waals surface area contributed by atoms with Crippen LogP contribution in [0.3, 0.4) is 0 Å². The van der Waals surface area contributed by atoms with Gasteiger partial charge in [-0.15, -0.1) is 0 Å². The first-order valence-electron chi connectivity index (χ1n) is 9.42. The Morgan fingerprint density at radius 1 is 0.750 bits per heavy atom. The summed E-state index contributed by atoms with van der Waals surface area (Å²) < 4.78 is 2.20. The third-order valence-corrected chi connectivity index (χ3v) is 6.00. The van der Waals surface area contributed by atoms with Gasteiger partial charge in [0.05, 0.1) is 28.9 Å². The third kappa shape index (κ3) is 1.63. The molecule has 6 aromatic rings. The van der Waals surface area contributed by atoms with E-state index in [4.69, 9.17) is 4.98 Å². The van der Waals surface area contributed by atoms with Gasteiger partial charge in [0.15, 0.2) is 0 Å². The molecule has 0 fully saturated rings. The van der Waals surface area contributed by atoms with Crippen LogP contribution in [0.5, 0.6) is 0 Å². The third-order valence-electron chi connectivity index (χ3n) is 6.00. The summed E-state index contributed by atoms with van der Waals surface area (Å²) in [6.45, 7) is 0. The first-order valence-corrected chi connectivity index (χ1v) is 9.42. The maximum absolute atomic E-state index is 4.96. The van der Waals surface area contributed by atoms with E-state index in [-0.39, 0.29) is 0 Å². The van der Waals surface area contributed by atoms with E-state index in [9.17, 15) is 0 Å². The molecule has 0 N–H and O–H groups in total. The molecule has 28 heavy (non-hydrogen) atoms. The summed E-state index contributed by atoms with van der Waals surface area (Å²) in [5.41, 5.74) is 9.48. The second-order valence-electron chi connectivity index (χ2n) is 7.38. The van der Waals surface area contributed by atoms with Crippen molar-refractivity contribution in [3.05, 3.63) is 84.4 Å². The molecule has 0 amide bonds. The van der Waals surface area contributed by atoms with Crippen LogP contribution >= 0.6 is 0 Å². The van der Waals surface area contributed by atoms with Gasteiger partial charge in [0.1, 0.15) is 5.65 Å². The second-order valence-corrected chi connectivity index (χ2v) is 7.38. The number of pyridine rings is 3. The molecular formula is C24H14N4. The van der Waals surface area contributed by atoms with E-state index in [1.165, 1.54) is 38.4 Å². The molecule has 1 aliphatic carbocycles. The van der Waals surface area contributed by atoms with Crippen LogP contribution in [0.15, 0.2) is 73.3 Å². The molecule has 4 heterocycles. The largest absolute Gasteiger partial charge is 0.289 e. The predicted molar refractivity (Wildman–Crippen MR) is 112 cm³/mol. The molecule has 1 aliphatic rings. The number of benzene rings is 2. The minimum atomic E-state index is 0.955. The van der Waals surface area contributed by atoms with E-state index in [1.807, 2.05) is 24.7 Å². The summed E-state index contributed by atoms with van der Waals surface area (Å²) in [7, 11) is 0. The van der Waals surface area contributed by atoms with Crippen molar-refractivity contribution in [1.82, 2.24) is 19.4 Å². The van der Waals surface area contributed by atoms with Crippen LogP contribution in [0, 0.1) is 0 Å². The van der Waals surface area contributed by atoms with Gasteiger partial charge in [-0.2, -0.15) is 0 Å². The highest BCUT2D eigenvalue weighted by Crippen LogP contribution is 2.43. The maximum Gasteiger partial charge on any atom is 0.146 e. The van der Waals surface area contributed by atoms with Crippen LogP contribution in [0.25, 0.3) is 49.5 Å². The monoisotopic (exact) mass is 358 g/mol. The van der Waals surface area contributed by atoms with Gasteiger partial charge in [-0.05, 0) is 52.3 Å². The standard InChI is InChI=1S/C24H14N4/c1-2-4-15-14(3-1)11-19-16(15)5-6-18-23(19)17-7-9-25-12-21(17)28-22-13-26-10-8-20(22)27-24(18)28/h1-10,12-13H,11H2. The Morgan fingerprint density at radius 3 is 2.57 bits per heavy atom. The lowest BCUT2D eigenvalue weighted by Gasteiger charge is -2.12. The van der Waals surface area contributed by atoms with Gasteiger partial charge in [-0.3, -0.25) is 14.4 Å². The fraction of sp³-hybridized carbons (Fsp3) is 0.0417. The Morgan fingerprint density at radius 2 is 1.61 bits per heavy atom. The Hall–Kier alpha value is -3.79. The lowest BCUT2D eigenvalue weighted by Crippen LogP contribution is -1.95. The van der Waals surface area contributed by atoms with Gasteiger partial charge < -0.3 is 0 Å². The average Bonchev–Trinajstić information content (AvgIpc) is 3.32. The number of nitrogens with zero attached hydrogens (tertiary/aromatic N) is 4. The maximum atomic E-state index is 4.96. The Kier molecular flexibility index (Phi) is 2.51. The summed E-state index contributed by atoms with van der Waals surface area (Å²) in [5.74, 6) is 0.